The van der Waals surface area contributed by atoms with E-state index in [0.717, 1.165) is 0 Å². The SMILES string of the molecule is Cc1c(-c2ccc3c(c2C)-c2ccc(-c4ccccc4)cc2C3(C)C)ccc2c1-c1ccc(-c3ccccc3)cc1C2(C)C. The number of fused-ring (bicyclic) bond motifs is 6. The summed E-state index contributed by atoms with van der Waals surface area (Å²) in [5.74, 6) is 0. The number of rotatable bonds is 3. The van der Waals surface area contributed by atoms with Crippen LogP contribution in [-0.2, 0) is 10.8 Å². The second-order valence-corrected chi connectivity index (χ2v) is 13.8. The molecule has 0 unspecified atom stereocenters. The molecule has 6 aromatic rings. The van der Waals surface area contributed by atoms with Crippen LogP contribution < -0.4 is 0 Å². The van der Waals surface area contributed by atoms with E-state index in [2.05, 4.69) is 163 Å². The van der Waals surface area contributed by atoms with Crippen molar-refractivity contribution in [3.05, 3.63) is 155 Å². The minimum atomic E-state index is -0.0504. The zero-order valence-electron chi connectivity index (χ0n) is 26.5. The van der Waals surface area contributed by atoms with Crippen LogP contribution in [0.25, 0.3) is 55.6 Å². The molecule has 2 aliphatic carbocycles. The van der Waals surface area contributed by atoms with Crippen molar-refractivity contribution in [2.45, 2.75) is 52.4 Å². The third-order valence-electron chi connectivity index (χ3n) is 10.7. The predicted octanol–water partition coefficient (Wildman–Crippen LogP) is 11.9. The van der Waals surface area contributed by atoms with Crippen molar-refractivity contribution in [3.63, 3.8) is 0 Å². The van der Waals surface area contributed by atoms with Crippen molar-refractivity contribution in [1.29, 1.82) is 0 Å². The minimum absolute atomic E-state index is 0.0504. The molecule has 0 atom stereocenters. The van der Waals surface area contributed by atoms with Gasteiger partial charge in [-0.3, -0.25) is 0 Å². The smallest absolute Gasteiger partial charge is 0.0159 e. The van der Waals surface area contributed by atoms with Crippen molar-refractivity contribution in [1.82, 2.24) is 0 Å². The van der Waals surface area contributed by atoms with Crippen LogP contribution >= 0.6 is 0 Å². The van der Waals surface area contributed by atoms with Crippen LogP contribution in [0.15, 0.2) is 121 Å². The van der Waals surface area contributed by atoms with Crippen LogP contribution in [0.3, 0.4) is 0 Å². The molecule has 0 amide bonds. The van der Waals surface area contributed by atoms with Gasteiger partial charge in [0.15, 0.2) is 0 Å². The Morgan fingerprint density at radius 3 is 1.09 bits per heavy atom. The first-order valence-electron chi connectivity index (χ1n) is 15.9. The van der Waals surface area contributed by atoms with E-state index in [4.69, 9.17) is 0 Å². The van der Waals surface area contributed by atoms with Gasteiger partial charge in [-0.2, -0.15) is 0 Å². The molecule has 44 heavy (non-hydrogen) atoms. The Labute approximate surface area is 262 Å². The van der Waals surface area contributed by atoms with Gasteiger partial charge in [-0.05, 0) is 115 Å². The molecule has 0 N–H and O–H groups in total. The van der Waals surface area contributed by atoms with Crippen LogP contribution in [0.2, 0.25) is 0 Å². The number of hydrogen-bond acceptors (Lipinski definition) is 0. The van der Waals surface area contributed by atoms with Gasteiger partial charge in [0.25, 0.3) is 0 Å². The van der Waals surface area contributed by atoms with E-state index in [1.807, 2.05) is 0 Å². The van der Waals surface area contributed by atoms with Gasteiger partial charge in [0, 0.05) is 10.8 Å². The maximum absolute atomic E-state index is 2.42. The Morgan fingerprint density at radius 1 is 0.341 bits per heavy atom. The standard InChI is InChI=1S/C44H38/c1-27-33(21-23-37-41(27)35-19-17-31(25-39(35)43(37,3)4)29-13-9-7-10-14-29)34-22-24-38-42(28(34)2)36-20-18-32(26-40(36)44(38,5)6)30-15-11-8-12-16-30/h7-26H,1-6H3. The van der Waals surface area contributed by atoms with Crippen LogP contribution in [0.1, 0.15) is 61.1 Å². The molecule has 2 aliphatic rings. The van der Waals surface area contributed by atoms with Crippen molar-refractivity contribution in [2.24, 2.45) is 0 Å². The largest absolute Gasteiger partial charge is 0.0622 e. The van der Waals surface area contributed by atoms with Gasteiger partial charge in [0.2, 0.25) is 0 Å². The second-order valence-electron chi connectivity index (χ2n) is 13.8. The first-order valence-corrected chi connectivity index (χ1v) is 15.9. The van der Waals surface area contributed by atoms with Crippen LogP contribution in [0.4, 0.5) is 0 Å². The monoisotopic (exact) mass is 566 g/mol. The van der Waals surface area contributed by atoms with Gasteiger partial charge >= 0.3 is 0 Å². The summed E-state index contributed by atoms with van der Waals surface area (Å²) in [6.45, 7) is 14.2. The molecule has 214 valence electrons. The second kappa shape index (κ2) is 9.41. The molecule has 0 radical (unpaired) electrons. The van der Waals surface area contributed by atoms with Crippen molar-refractivity contribution in [2.75, 3.05) is 0 Å². The van der Waals surface area contributed by atoms with E-state index in [0.29, 0.717) is 0 Å². The van der Waals surface area contributed by atoms with E-state index in [1.165, 1.54) is 89.0 Å². The molecule has 0 spiro atoms. The Kier molecular flexibility index (Phi) is 5.75. The topological polar surface area (TPSA) is 0 Å². The highest BCUT2D eigenvalue weighted by atomic mass is 14.4. The summed E-state index contributed by atoms with van der Waals surface area (Å²) in [7, 11) is 0. The van der Waals surface area contributed by atoms with Gasteiger partial charge in [-0.1, -0.05) is 137 Å². The van der Waals surface area contributed by atoms with Crippen LogP contribution in [-0.4, -0.2) is 0 Å². The Morgan fingerprint density at radius 2 is 0.705 bits per heavy atom. The quantitative estimate of drug-likeness (QED) is 0.200. The minimum Gasteiger partial charge on any atom is -0.0622 e. The highest BCUT2D eigenvalue weighted by Gasteiger charge is 2.39. The molecule has 0 aliphatic heterocycles. The maximum Gasteiger partial charge on any atom is 0.0159 e. The fourth-order valence-electron chi connectivity index (χ4n) is 8.21. The summed E-state index contributed by atoms with van der Waals surface area (Å²) in [4.78, 5) is 0. The van der Waals surface area contributed by atoms with Gasteiger partial charge in [-0.25, -0.2) is 0 Å². The average Bonchev–Trinajstić information content (AvgIpc) is 3.42. The third-order valence-corrected chi connectivity index (χ3v) is 10.7. The summed E-state index contributed by atoms with van der Waals surface area (Å²) in [6.07, 6.45) is 0. The molecule has 0 fully saturated rings. The molecule has 8 rings (SSSR count). The summed E-state index contributed by atoms with van der Waals surface area (Å²) >= 11 is 0. The zero-order chi connectivity index (χ0) is 30.4. The molecule has 0 heteroatoms. The zero-order valence-corrected chi connectivity index (χ0v) is 26.5. The van der Waals surface area contributed by atoms with Crippen LogP contribution in [0.5, 0.6) is 0 Å². The summed E-state index contributed by atoms with van der Waals surface area (Å²) in [6, 6.07) is 45.2. The van der Waals surface area contributed by atoms with E-state index in [1.54, 1.807) is 0 Å². The lowest BCUT2D eigenvalue weighted by Gasteiger charge is -2.24. The first kappa shape index (κ1) is 26.9. The fourth-order valence-corrected chi connectivity index (χ4v) is 8.21. The number of benzene rings is 6. The van der Waals surface area contributed by atoms with Crippen molar-refractivity contribution in [3.8, 4) is 55.6 Å². The molecule has 0 heterocycles. The average molecular weight is 567 g/mol. The summed E-state index contributed by atoms with van der Waals surface area (Å²) in [5, 5.41) is 0. The van der Waals surface area contributed by atoms with Gasteiger partial charge in [0.05, 0.1) is 0 Å². The first-order chi connectivity index (χ1) is 21.2. The van der Waals surface area contributed by atoms with Gasteiger partial charge < -0.3 is 0 Å². The molecule has 0 bridgehead atoms. The lowest BCUT2D eigenvalue weighted by molar-refractivity contribution is 0.660. The van der Waals surface area contributed by atoms with E-state index >= 15 is 0 Å². The molecule has 6 aromatic carbocycles. The maximum atomic E-state index is 2.42. The van der Waals surface area contributed by atoms with E-state index in [9.17, 15) is 0 Å². The Hall–Kier alpha value is -4.68. The fraction of sp³-hybridized carbons (Fsp3) is 0.182. The lowest BCUT2D eigenvalue weighted by Crippen LogP contribution is -2.15. The Balaban J connectivity index is 1.27. The number of hydrogen-bond donors (Lipinski definition) is 0. The predicted molar refractivity (Wildman–Crippen MR) is 187 cm³/mol. The molecular weight excluding hydrogens is 528 g/mol. The van der Waals surface area contributed by atoms with Crippen molar-refractivity contribution < 1.29 is 0 Å². The molecule has 0 saturated carbocycles. The molecule has 0 saturated heterocycles. The summed E-state index contributed by atoms with van der Waals surface area (Å²) in [5.41, 5.74) is 21.7. The molecule has 0 nitrogen and oxygen atoms in total. The highest BCUT2D eigenvalue weighted by molar-refractivity contribution is 5.93. The Bertz CT molecular complexity index is 1950. The summed E-state index contributed by atoms with van der Waals surface area (Å²) < 4.78 is 0. The highest BCUT2D eigenvalue weighted by Crippen LogP contribution is 2.55. The molecular formula is C44H38. The third kappa shape index (κ3) is 3.70. The van der Waals surface area contributed by atoms with Crippen molar-refractivity contribution >= 4 is 0 Å². The van der Waals surface area contributed by atoms with Crippen LogP contribution in [0, 0.1) is 13.8 Å². The van der Waals surface area contributed by atoms with E-state index < -0.39 is 0 Å². The molecule has 0 aromatic heterocycles. The lowest BCUT2D eigenvalue weighted by atomic mass is 9.79. The normalized spacial score (nSPS) is 15.0. The van der Waals surface area contributed by atoms with E-state index in [-0.39, 0.29) is 10.8 Å². The van der Waals surface area contributed by atoms with Gasteiger partial charge in [-0.15, -0.1) is 0 Å². The van der Waals surface area contributed by atoms with Gasteiger partial charge in [0.1, 0.15) is 0 Å².